The molecule has 0 bridgehead atoms. The van der Waals surface area contributed by atoms with Gasteiger partial charge in [-0.05, 0) is 42.5 Å². The maximum absolute atomic E-state index is 14.2. The normalized spacial score (nSPS) is 10.8. The number of rotatable bonds is 3. The summed E-state index contributed by atoms with van der Waals surface area (Å²) in [4.78, 5) is 12.4. The number of para-hydroxylation sites is 1. The Morgan fingerprint density at radius 2 is 1.73 bits per heavy atom. The molecule has 4 aromatic rings. The Hall–Kier alpha value is -3.25. The average Bonchev–Trinajstić information content (AvgIpc) is 3.12. The van der Waals surface area contributed by atoms with Crippen molar-refractivity contribution < 1.29 is 4.39 Å². The van der Waals surface area contributed by atoms with Gasteiger partial charge in [-0.15, -0.1) is 0 Å². The lowest BCUT2D eigenvalue weighted by molar-refractivity contribution is 0.611. The predicted octanol–water partition coefficient (Wildman–Crippen LogP) is 3.88. The average molecular weight is 367 g/mol. The quantitative estimate of drug-likeness (QED) is 0.553. The zero-order valence-electron chi connectivity index (χ0n) is 13.4. The van der Waals surface area contributed by atoms with E-state index in [2.05, 4.69) is 10.2 Å². The summed E-state index contributed by atoms with van der Waals surface area (Å²) in [5, 5.41) is 9.16. The first kappa shape index (κ1) is 16.2. The number of nitrogens with zero attached hydrogens (tertiary/aromatic N) is 4. The third kappa shape index (κ3) is 2.91. The summed E-state index contributed by atoms with van der Waals surface area (Å²) in [5.74, 6) is -0.439. The Balaban J connectivity index is 1.86. The van der Waals surface area contributed by atoms with Crippen molar-refractivity contribution in [2.75, 3.05) is 0 Å². The van der Waals surface area contributed by atoms with Crippen molar-refractivity contribution in [3.05, 3.63) is 94.1 Å². The highest BCUT2D eigenvalue weighted by atomic mass is 35.5. The first-order chi connectivity index (χ1) is 12.6. The van der Waals surface area contributed by atoms with Crippen LogP contribution in [0.3, 0.4) is 0 Å². The van der Waals surface area contributed by atoms with E-state index in [4.69, 9.17) is 11.6 Å². The van der Waals surface area contributed by atoms with Crippen LogP contribution in [0, 0.1) is 5.82 Å². The van der Waals surface area contributed by atoms with E-state index in [1.165, 1.54) is 23.0 Å². The fourth-order valence-electron chi connectivity index (χ4n) is 2.62. The van der Waals surface area contributed by atoms with E-state index in [0.717, 1.165) is 5.69 Å². The number of hydrogen-bond acceptors (Lipinski definition) is 3. The standard InChI is InChI=1S/C19H12ClFN4O/c20-13-5-7-14(8-6-13)24-12-10-18(26)19(23-24)17-9-11-22-25(17)16-4-2-1-3-15(16)21/h1-12H. The van der Waals surface area contributed by atoms with Gasteiger partial charge in [-0.3, -0.25) is 4.79 Å². The lowest BCUT2D eigenvalue weighted by Crippen LogP contribution is -2.15. The zero-order valence-corrected chi connectivity index (χ0v) is 14.1. The van der Waals surface area contributed by atoms with Crippen molar-refractivity contribution >= 4 is 11.6 Å². The fraction of sp³-hybridized carbons (Fsp3) is 0. The molecule has 26 heavy (non-hydrogen) atoms. The summed E-state index contributed by atoms with van der Waals surface area (Å²) >= 11 is 5.91. The third-order valence-electron chi connectivity index (χ3n) is 3.87. The van der Waals surface area contributed by atoms with Crippen LogP contribution in [0.15, 0.2) is 77.9 Å². The molecule has 5 nitrogen and oxygen atoms in total. The first-order valence-corrected chi connectivity index (χ1v) is 8.16. The van der Waals surface area contributed by atoms with E-state index in [1.54, 1.807) is 59.4 Å². The molecule has 0 aliphatic carbocycles. The van der Waals surface area contributed by atoms with Crippen LogP contribution >= 0.6 is 11.6 Å². The SMILES string of the molecule is O=c1ccn(-c2ccc(Cl)cc2)nc1-c1ccnn1-c1ccccc1F. The van der Waals surface area contributed by atoms with Gasteiger partial charge >= 0.3 is 0 Å². The second-order valence-corrected chi connectivity index (χ2v) is 5.97. The topological polar surface area (TPSA) is 52.7 Å². The van der Waals surface area contributed by atoms with E-state index < -0.39 is 5.82 Å². The van der Waals surface area contributed by atoms with Gasteiger partial charge in [-0.1, -0.05) is 23.7 Å². The van der Waals surface area contributed by atoms with Gasteiger partial charge in [-0.25, -0.2) is 13.8 Å². The van der Waals surface area contributed by atoms with Gasteiger partial charge in [-0.2, -0.15) is 10.2 Å². The number of halogens is 2. The molecule has 2 aromatic carbocycles. The minimum absolute atomic E-state index is 0.170. The van der Waals surface area contributed by atoms with Crippen molar-refractivity contribution in [3.8, 4) is 22.8 Å². The summed E-state index contributed by atoms with van der Waals surface area (Å²) < 4.78 is 17.1. The van der Waals surface area contributed by atoms with Crippen molar-refractivity contribution in [1.29, 1.82) is 0 Å². The Labute approximate surface area is 152 Å². The zero-order chi connectivity index (χ0) is 18.1. The molecule has 0 saturated heterocycles. The minimum Gasteiger partial charge on any atom is -0.287 e. The predicted molar refractivity (Wildman–Crippen MR) is 97.4 cm³/mol. The van der Waals surface area contributed by atoms with E-state index in [9.17, 15) is 9.18 Å². The first-order valence-electron chi connectivity index (χ1n) is 7.79. The van der Waals surface area contributed by atoms with Crippen LogP contribution in [0.5, 0.6) is 0 Å². The largest absolute Gasteiger partial charge is 0.287 e. The van der Waals surface area contributed by atoms with E-state index in [-0.39, 0.29) is 16.8 Å². The molecule has 0 aliphatic heterocycles. The number of aromatic nitrogens is 4. The molecule has 0 saturated carbocycles. The summed E-state index contributed by atoms with van der Waals surface area (Å²) in [6.07, 6.45) is 3.07. The fourth-order valence-corrected chi connectivity index (χ4v) is 2.75. The number of benzene rings is 2. The van der Waals surface area contributed by atoms with Crippen molar-refractivity contribution in [3.63, 3.8) is 0 Å². The Morgan fingerprint density at radius 3 is 2.50 bits per heavy atom. The molecule has 2 heterocycles. The second-order valence-electron chi connectivity index (χ2n) is 5.53. The maximum atomic E-state index is 14.2. The second kappa shape index (κ2) is 6.57. The third-order valence-corrected chi connectivity index (χ3v) is 4.12. The molecule has 2 aromatic heterocycles. The summed E-state index contributed by atoms with van der Waals surface area (Å²) in [6.45, 7) is 0. The summed E-state index contributed by atoms with van der Waals surface area (Å²) in [5.41, 5.74) is 1.28. The minimum atomic E-state index is -0.439. The van der Waals surface area contributed by atoms with Gasteiger partial charge in [0, 0.05) is 17.3 Å². The lowest BCUT2D eigenvalue weighted by Gasteiger charge is -2.10. The lowest BCUT2D eigenvalue weighted by atomic mass is 10.2. The van der Waals surface area contributed by atoms with E-state index in [1.807, 2.05) is 0 Å². The number of hydrogen-bond donors (Lipinski definition) is 0. The molecule has 0 radical (unpaired) electrons. The molecule has 0 amide bonds. The molecule has 0 atom stereocenters. The van der Waals surface area contributed by atoms with E-state index in [0.29, 0.717) is 10.7 Å². The molecule has 0 aliphatic rings. The van der Waals surface area contributed by atoms with Gasteiger partial charge in [0.1, 0.15) is 11.5 Å². The molecule has 4 rings (SSSR count). The van der Waals surface area contributed by atoms with Crippen LogP contribution in [-0.2, 0) is 0 Å². The monoisotopic (exact) mass is 366 g/mol. The van der Waals surface area contributed by atoms with Crippen molar-refractivity contribution in [2.45, 2.75) is 0 Å². The van der Waals surface area contributed by atoms with Gasteiger partial charge in [0.2, 0.25) is 5.43 Å². The van der Waals surface area contributed by atoms with Gasteiger partial charge < -0.3 is 0 Å². The molecule has 0 spiro atoms. The van der Waals surface area contributed by atoms with Crippen LogP contribution in [-0.4, -0.2) is 19.6 Å². The molecule has 0 N–H and O–H groups in total. The Bertz CT molecular complexity index is 1130. The van der Waals surface area contributed by atoms with E-state index >= 15 is 0 Å². The molecule has 128 valence electrons. The Morgan fingerprint density at radius 1 is 0.962 bits per heavy atom. The molecular weight excluding hydrogens is 355 g/mol. The highest BCUT2D eigenvalue weighted by molar-refractivity contribution is 6.30. The van der Waals surface area contributed by atoms with Gasteiger partial charge in [0.15, 0.2) is 5.69 Å². The van der Waals surface area contributed by atoms with Crippen molar-refractivity contribution in [1.82, 2.24) is 19.6 Å². The molecule has 0 unspecified atom stereocenters. The Kier molecular flexibility index (Phi) is 4.10. The summed E-state index contributed by atoms with van der Waals surface area (Å²) in [7, 11) is 0. The smallest absolute Gasteiger partial charge is 0.209 e. The van der Waals surface area contributed by atoms with Gasteiger partial charge in [0.25, 0.3) is 0 Å². The van der Waals surface area contributed by atoms with Crippen molar-refractivity contribution in [2.24, 2.45) is 0 Å². The van der Waals surface area contributed by atoms with Gasteiger partial charge in [0.05, 0.1) is 17.6 Å². The highest BCUT2D eigenvalue weighted by Crippen LogP contribution is 2.20. The van der Waals surface area contributed by atoms with Crippen LogP contribution in [0.25, 0.3) is 22.8 Å². The maximum Gasteiger partial charge on any atom is 0.209 e. The van der Waals surface area contributed by atoms with Crippen LogP contribution in [0.1, 0.15) is 0 Å². The molecule has 0 fully saturated rings. The molecule has 7 heteroatoms. The van der Waals surface area contributed by atoms with Crippen LogP contribution in [0.2, 0.25) is 5.02 Å². The van der Waals surface area contributed by atoms with Crippen LogP contribution < -0.4 is 5.43 Å². The molecular formula is C19H12ClFN4O. The van der Waals surface area contributed by atoms with Crippen LogP contribution in [0.4, 0.5) is 4.39 Å². The summed E-state index contributed by atoms with van der Waals surface area (Å²) in [6, 6.07) is 16.3. The highest BCUT2D eigenvalue weighted by Gasteiger charge is 2.15.